The lowest BCUT2D eigenvalue weighted by Crippen LogP contribution is -2.16. The molecule has 0 N–H and O–H groups in total. The monoisotopic (exact) mass is 442 g/mol. The maximum atomic E-state index is 12.0. The first-order chi connectivity index (χ1) is 14.4. The van der Waals surface area contributed by atoms with Gasteiger partial charge in [-0.25, -0.2) is 12.7 Å². The van der Waals surface area contributed by atoms with E-state index in [0.717, 1.165) is 16.9 Å². The Kier molecular flexibility index (Phi) is 7.42. The van der Waals surface area contributed by atoms with Crippen molar-refractivity contribution >= 4 is 34.0 Å². The third-order valence-electron chi connectivity index (χ3n) is 4.53. The Balaban J connectivity index is 2.00. The first kappa shape index (κ1) is 22.2. The predicted molar refractivity (Wildman–Crippen MR) is 126 cm³/mol. The van der Waals surface area contributed by atoms with E-state index in [1.807, 2.05) is 61.5 Å². The normalized spacial score (nSPS) is 11.1. The van der Waals surface area contributed by atoms with Gasteiger partial charge in [-0.05, 0) is 81.4 Å². The molecule has 0 aliphatic rings. The second kappa shape index (κ2) is 10.0. The van der Waals surface area contributed by atoms with Gasteiger partial charge in [0.15, 0.2) is 0 Å². The molecule has 5 nitrogen and oxygen atoms in total. The molecule has 0 saturated carbocycles. The molecule has 0 fully saturated rings. The number of aryl methyl sites for hydroxylation is 1. The van der Waals surface area contributed by atoms with Crippen molar-refractivity contribution in [3.8, 4) is 11.5 Å². The first-order valence-electron chi connectivity index (χ1n) is 9.48. The van der Waals surface area contributed by atoms with Crippen molar-refractivity contribution in [3.05, 3.63) is 77.9 Å². The molecule has 3 aromatic carbocycles. The van der Waals surface area contributed by atoms with Crippen LogP contribution in [-0.2, 0) is 17.4 Å². The quantitative estimate of drug-likeness (QED) is 0.382. The minimum Gasteiger partial charge on any atom is -0.457 e. The molecule has 0 unspecified atom stereocenters. The summed E-state index contributed by atoms with van der Waals surface area (Å²) in [6, 6.07) is 20.6. The molecule has 3 rings (SSSR count). The Bertz CT molecular complexity index is 1080. The summed E-state index contributed by atoms with van der Waals surface area (Å²) in [5, 5.41) is 0. The van der Waals surface area contributed by atoms with Crippen molar-refractivity contribution in [3.63, 3.8) is 0 Å². The third kappa shape index (κ3) is 5.36. The van der Waals surface area contributed by atoms with Crippen molar-refractivity contribution in [1.29, 1.82) is 0 Å². The van der Waals surface area contributed by atoms with E-state index >= 15 is 0 Å². The van der Waals surface area contributed by atoms with Crippen LogP contribution >= 0.6 is 11.8 Å². The Morgan fingerprint density at radius 2 is 1.67 bits per heavy atom. The van der Waals surface area contributed by atoms with E-state index in [-0.39, 0.29) is 0 Å². The van der Waals surface area contributed by atoms with E-state index in [9.17, 15) is 8.42 Å². The summed E-state index contributed by atoms with van der Waals surface area (Å²) in [5.41, 5.74) is 3.24. The Morgan fingerprint density at radius 3 is 2.27 bits per heavy atom. The van der Waals surface area contributed by atoms with Gasteiger partial charge in [0.05, 0.1) is 11.4 Å². The molecule has 0 aromatic heterocycles. The zero-order chi connectivity index (χ0) is 21.7. The van der Waals surface area contributed by atoms with E-state index in [1.165, 1.54) is 9.20 Å². The number of thioether (sulfide) groups is 1. The third-order valence-corrected chi connectivity index (χ3v) is 6.22. The molecule has 0 atom stereocenters. The van der Waals surface area contributed by atoms with Crippen LogP contribution in [0.1, 0.15) is 11.1 Å². The lowest BCUT2D eigenvalue weighted by molar-refractivity contribution is 0.388. The van der Waals surface area contributed by atoms with E-state index in [1.54, 1.807) is 30.0 Å². The molecular weight excluding hydrogens is 416 g/mol. The second-order valence-corrected chi connectivity index (χ2v) is 8.87. The zero-order valence-electron chi connectivity index (χ0n) is 17.5. The molecule has 0 bridgehead atoms. The molecule has 0 aliphatic heterocycles. The molecular formula is C23H26N2O3S2. The number of thiol groups is 1. The highest BCUT2D eigenvalue weighted by Gasteiger charge is 2.15. The lowest BCUT2D eigenvalue weighted by Gasteiger charge is -2.21. The fraction of sp³-hybridized carbons (Fsp3) is 0.217. The van der Waals surface area contributed by atoms with Crippen LogP contribution in [0, 0.1) is 6.92 Å². The SMILES string of the molecule is CSc1ccc(Oc2ccc(N(c3ccccc3)[SH](=O)=O)cc2CN(C)C)cc1C. The highest BCUT2D eigenvalue weighted by atomic mass is 32.2. The van der Waals surface area contributed by atoms with Gasteiger partial charge in [0.1, 0.15) is 11.5 Å². The summed E-state index contributed by atoms with van der Waals surface area (Å²) >= 11 is 1.70. The molecule has 3 aromatic rings. The van der Waals surface area contributed by atoms with Crippen LogP contribution in [0.4, 0.5) is 11.4 Å². The van der Waals surface area contributed by atoms with Crippen LogP contribution in [0.25, 0.3) is 0 Å². The average Bonchev–Trinajstić information content (AvgIpc) is 2.70. The maximum absolute atomic E-state index is 12.0. The summed E-state index contributed by atoms with van der Waals surface area (Å²) in [7, 11) is 1.10. The highest BCUT2D eigenvalue weighted by molar-refractivity contribution is 7.98. The van der Waals surface area contributed by atoms with Gasteiger partial charge in [-0.15, -0.1) is 11.8 Å². The molecule has 0 heterocycles. The van der Waals surface area contributed by atoms with Crippen molar-refractivity contribution in [1.82, 2.24) is 4.90 Å². The van der Waals surface area contributed by atoms with Crippen LogP contribution in [0.2, 0.25) is 0 Å². The van der Waals surface area contributed by atoms with Gasteiger partial charge in [0.2, 0.25) is 10.9 Å². The fourth-order valence-corrected chi connectivity index (χ4v) is 4.43. The molecule has 7 heteroatoms. The number of ether oxygens (including phenoxy) is 1. The summed E-state index contributed by atoms with van der Waals surface area (Å²) in [5.74, 6) is 1.46. The Hall–Kier alpha value is -2.48. The maximum Gasteiger partial charge on any atom is 0.229 e. The van der Waals surface area contributed by atoms with Crippen LogP contribution in [0.3, 0.4) is 0 Å². The molecule has 158 valence electrons. The summed E-state index contributed by atoms with van der Waals surface area (Å²) in [4.78, 5) is 3.24. The van der Waals surface area contributed by atoms with E-state index in [0.29, 0.717) is 23.7 Å². The van der Waals surface area contributed by atoms with Gasteiger partial charge in [-0.3, -0.25) is 0 Å². The van der Waals surface area contributed by atoms with Crippen LogP contribution < -0.4 is 9.04 Å². The number of benzene rings is 3. The van der Waals surface area contributed by atoms with Gasteiger partial charge >= 0.3 is 0 Å². The number of rotatable bonds is 8. The molecule has 0 aliphatic carbocycles. The van der Waals surface area contributed by atoms with Gasteiger partial charge in [-0.1, -0.05) is 18.2 Å². The minimum absolute atomic E-state index is 0.579. The van der Waals surface area contributed by atoms with E-state index in [4.69, 9.17) is 4.74 Å². The summed E-state index contributed by atoms with van der Waals surface area (Å²) in [6.45, 7) is 2.67. The number of anilines is 2. The molecule has 0 radical (unpaired) electrons. The number of hydrogen-bond donors (Lipinski definition) is 1. The predicted octanol–water partition coefficient (Wildman–Crippen LogP) is 5.24. The van der Waals surface area contributed by atoms with Gasteiger partial charge in [0.25, 0.3) is 0 Å². The van der Waals surface area contributed by atoms with Crippen LogP contribution in [0.15, 0.2) is 71.6 Å². The van der Waals surface area contributed by atoms with Crippen LogP contribution in [0.5, 0.6) is 11.5 Å². The number of nitrogens with zero attached hydrogens (tertiary/aromatic N) is 2. The largest absolute Gasteiger partial charge is 0.457 e. The summed E-state index contributed by atoms with van der Waals surface area (Å²) < 4.78 is 31.6. The zero-order valence-corrected chi connectivity index (χ0v) is 19.2. The average molecular weight is 443 g/mol. The van der Waals surface area contributed by atoms with Gasteiger partial charge in [-0.2, -0.15) is 0 Å². The fourth-order valence-electron chi connectivity index (χ4n) is 3.21. The van der Waals surface area contributed by atoms with Gasteiger partial charge < -0.3 is 9.64 Å². The Labute approximate surface area is 184 Å². The standard InChI is InChI=1S/C23H26N2O3S2/c1-17-14-21(11-13-23(17)29-4)28-22-12-10-20(15-18(22)16-24(2)3)25(30(26)27)19-8-6-5-7-9-19/h5-15,30H,16H2,1-4H3. The number of para-hydroxylation sites is 1. The Morgan fingerprint density at radius 1 is 0.933 bits per heavy atom. The molecule has 0 amide bonds. The van der Waals surface area contributed by atoms with E-state index < -0.39 is 10.9 Å². The smallest absolute Gasteiger partial charge is 0.229 e. The summed E-state index contributed by atoms with van der Waals surface area (Å²) in [6.07, 6.45) is 2.05. The lowest BCUT2D eigenvalue weighted by atomic mass is 10.1. The van der Waals surface area contributed by atoms with Crippen LogP contribution in [-0.4, -0.2) is 33.7 Å². The van der Waals surface area contributed by atoms with Crippen molar-refractivity contribution < 1.29 is 13.2 Å². The highest BCUT2D eigenvalue weighted by Crippen LogP contribution is 2.34. The van der Waals surface area contributed by atoms with Crippen molar-refractivity contribution in [2.24, 2.45) is 0 Å². The minimum atomic E-state index is -2.84. The molecule has 0 spiro atoms. The topological polar surface area (TPSA) is 49.9 Å². The van der Waals surface area contributed by atoms with Crippen molar-refractivity contribution in [2.75, 3.05) is 24.7 Å². The molecule has 30 heavy (non-hydrogen) atoms. The van der Waals surface area contributed by atoms with Gasteiger partial charge in [0, 0.05) is 17.0 Å². The van der Waals surface area contributed by atoms with E-state index in [2.05, 4.69) is 19.2 Å². The van der Waals surface area contributed by atoms with Crippen molar-refractivity contribution in [2.45, 2.75) is 18.4 Å². The second-order valence-electron chi connectivity index (χ2n) is 7.15. The molecule has 0 saturated heterocycles. The first-order valence-corrected chi connectivity index (χ1v) is 11.8. The number of hydrogen-bond acceptors (Lipinski definition) is 5.